The fraction of sp³-hybridized carbons (Fsp3) is 0.643. The smallest absolute Gasteiger partial charge is 0.315 e. The van der Waals surface area contributed by atoms with Gasteiger partial charge in [-0.2, -0.15) is 0 Å². The van der Waals surface area contributed by atoms with Gasteiger partial charge < -0.3 is 50.4 Å². The van der Waals surface area contributed by atoms with E-state index in [1.807, 2.05) is 39.0 Å². The van der Waals surface area contributed by atoms with Gasteiger partial charge in [0.2, 0.25) is 12.2 Å². The van der Waals surface area contributed by atoms with E-state index in [0.29, 0.717) is 31.7 Å². The van der Waals surface area contributed by atoms with Crippen LogP contribution in [0, 0.1) is 6.92 Å². The van der Waals surface area contributed by atoms with Gasteiger partial charge >= 0.3 is 6.03 Å². The molecule has 1 aliphatic heterocycles. The van der Waals surface area contributed by atoms with E-state index >= 15 is 0 Å². The normalized spacial score (nSPS) is 23.0. The molecule has 0 aliphatic carbocycles. The molecule has 1 saturated heterocycles. The molecule has 2 amide bonds. The number of aromatic amines is 1. The average molecular weight is 581 g/mol. The summed E-state index contributed by atoms with van der Waals surface area (Å²) in [6.45, 7) is 9.53. The van der Waals surface area contributed by atoms with Crippen molar-refractivity contribution in [3.8, 4) is 11.6 Å². The number of rotatable bonds is 13. The molecule has 0 spiro atoms. The van der Waals surface area contributed by atoms with Crippen molar-refractivity contribution in [2.45, 2.75) is 89.6 Å². The van der Waals surface area contributed by atoms with Gasteiger partial charge in [-0.1, -0.05) is 19.9 Å². The van der Waals surface area contributed by atoms with E-state index in [1.54, 1.807) is 13.8 Å². The summed E-state index contributed by atoms with van der Waals surface area (Å²) < 4.78 is 17.2. The molecule has 1 fully saturated rings. The van der Waals surface area contributed by atoms with Crippen LogP contribution in [0.25, 0.3) is 0 Å². The van der Waals surface area contributed by atoms with Crippen LogP contribution in [0.1, 0.15) is 62.4 Å². The first-order valence-corrected chi connectivity index (χ1v) is 13.8. The number of hydrogen-bond acceptors (Lipinski definition) is 10. The van der Waals surface area contributed by atoms with Crippen molar-refractivity contribution in [3.63, 3.8) is 0 Å². The number of carbonyl (C=O) groups is 1. The average Bonchev–Trinajstić information content (AvgIpc) is 3.32. The predicted octanol–water partition coefficient (Wildman–Crippen LogP) is 0.450. The van der Waals surface area contributed by atoms with Gasteiger partial charge in [0.1, 0.15) is 30.2 Å². The Balaban J connectivity index is 1.62. The van der Waals surface area contributed by atoms with Gasteiger partial charge in [0, 0.05) is 24.2 Å². The summed E-state index contributed by atoms with van der Waals surface area (Å²) in [5.74, 6) is 0.959. The third-order valence-electron chi connectivity index (χ3n) is 6.92. The van der Waals surface area contributed by atoms with Crippen LogP contribution in [-0.4, -0.2) is 104 Å². The topological polar surface area (TPSA) is 199 Å². The van der Waals surface area contributed by atoms with E-state index in [0.717, 1.165) is 22.4 Å². The largest absolute Gasteiger partial charge is 0.494 e. The minimum absolute atomic E-state index is 0.0814. The van der Waals surface area contributed by atoms with Crippen molar-refractivity contribution in [3.05, 3.63) is 40.6 Å². The molecule has 2 heterocycles. The highest BCUT2D eigenvalue weighted by molar-refractivity contribution is 5.74. The first-order chi connectivity index (χ1) is 19.4. The first kappa shape index (κ1) is 32.6. The number of benzene rings is 1. The number of ether oxygens (including phenoxy) is 3. The van der Waals surface area contributed by atoms with Gasteiger partial charge in [0.05, 0.1) is 25.4 Å². The predicted molar refractivity (Wildman–Crippen MR) is 149 cm³/mol. The van der Waals surface area contributed by atoms with Crippen molar-refractivity contribution in [2.24, 2.45) is 0 Å². The van der Waals surface area contributed by atoms with Crippen LogP contribution >= 0.6 is 0 Å². The fourth-order valence-electron chi connectivity index (χ4n) is 4.38. The van der Waals surface area contributed by atoms with Gasteiger partial charge in [0.25, 0.3) is 0 Å². The second-order valence-electron chi connectivity index (χ2n) is 11.3. The van der Waals surface area contributed by atoms with Crippen molar-refractivity contribution in [2.75, 3.05) is 26.4 Å². The lowest BCUT2D eigenvalue weighted by atomic mass is 9.96. The van der Waals surface area contributed by atoms with E-state index in [2.05, 4.69) is 20.8 Å². The SMILES string of the molecule is Cc1cc(OCCCNC(=O)NC(C)(C)CO)ccc1Cc1c(OC2O[C@H](CO)[C@@H](O)[C@H](O)[C@H]2O)n[nH]c1C(C)C. The van der Waals surface area contributed by atoms with Crippen LogP contribution in [0.15, 0.2) is 18.2 Å². The lowest BCUT2D eigenvalue weighted by Crippen LogP contribution is -2.60. The third-order valence-corrected chi connectivity index (χ3v) is 6.92. The Labute approximate surface area is 239 Å². The number of H-pyrrole nitrogens is 1. The van der Waals surface area contributed by atoms with Crippen LogP contribution in [-0.2, 0) is 11.2 Å². The first-order valence-electron chi connectivity index (χ1n) is 13.8. The van der Waals surface area contributed by atoms with Gasteiger partial charge in [-0.05, 0) is 56.4 Å². The zero-order chi connectivity index (χ0) is 30.3. The molecule has 13 heteroatoms. The molecule has 0 saturated carbocycles. The van der Waals surface area contributed by atoms with Crippen LogP contribution in [0.2, 0.25) is 0 Å². The van der Waals surface area contributed by atoms with E-state index in [-0.39, 0.29) is 24.4 Å². The Hall–Kier alpha value is -2.94. The van der Waals surface area contributed by atoms with Gasteiger partial charge in [-0.15, -0.1) is 5.10 Å². The molecule has 1 aliphatic rings. The van der Waals surface area contributed by atoms with Gasteiger partial charge in [-0.3, -0.25) is 5.10 Å². The Morgan fingerprint density at radius 1 is 1.17 bits per heavy atom. The molecule has 1 aromatic carbocycles. The molecule has 230 valence electrons. The Bertz CT molecular complexity index is 1140. The second-order valence-corrected chi connectivity index (χ2v) is 11.3. The summed E-state index contributed by atoms with van der Waals surface area (Å²) >= 11 is 0. The van der Waals surface area contributed by atoms with Crippen LogP contribution in [0.5, 0.6) is 11.6 Å². The Kier molecular flexibility index (Phi) is 11.4. The summed E-state index contributed by atoms with van der Waals surface area (Å²) in [4.78, 5) is 11.9. The number of aliphatic hydroxyl groups is 5. The van der Waals surface area contributed by atoms with E-state index in [4.69, 9.17) is 14.2 Å². The molecule has 5 atom stereocenters. The molecule has 1 aromatic heterocycles. The van der Waals surface area contributed by atoms with Crippen LogP contribution in [0.3, 0.4) is 0 Å². The number of amides is 2. The van der Waals surface area contributed by atoms with E-state index < -0.39 is 42.9 Å². The number of aliphatic hydroxyl groups excluding tert-OH is 5. The molecular formula is C28H44N4O9. The zero-order valence-corrected chi connectivity index (χ0v) is 24.3. The second kappa shape index (κ2) is 14.3. The molecule has 41 heavy (non-hydrogen) atoms. The summed E-state index contributed by atoms with van der Waals surface area (Å²) in [7, 11) is 0. The molecule has 2 aromatic rings. The van der Waals surface area contributed by atoms with Crippen molar-refractivity contribution >= 4 is 6.03 Å². The molecule has 8 N–H and O–H groups in total. The maximum absolute atomic E-state index is 11.9. The Morgan fingerprint density at radius 2 is 1.90 bits per heavy atom. The van der Waals surface area contributed by atoms with Crippen LogP contribution in [0.4, 0.5) is 4.79 Å². The van der Waals surface area contributed by atoms with Crippen molar-refractivity contribution in [1.82, 2.24) is 20.8 Å². The van der Waals surface area contributed by atoms with Gasteiger partial charge in [-0.25, -0.2) is 4.79 Å². The number of aryl methyl sites for hydroxylation is 1. The molecule has 0 bridgehead atoms. The number of nitrogens with zero attached hydrogens (tertiary/aromatic N) is 1. The molecule has 3 rings (SSSR count). The lowest BCUT2D eigenvalue weighted by Gasteiger charge is -2.39. The van der Waals surface area contributed by atoms with Crippen molar-refractivity contribution in [1.29, 1.82) is 0 Å². The molecule has 0 radical (unpaired) electrons. The Morgan fingerprint density at radius 3 is 2.54 bits per heavy atom. The van der Waals surface area contributed by atoms with Gasteiger partial charge in [0.15, 0.2) is 0 Å². The number of nitrogens with one attached hydrogen (secondary N) is 3. The summed E-state index contributed by atoms with van der Waals surface area (Å²) in [6.07, 6.45) is -5.97. The number of urea groups is 1. The summed E-state index contributed by atoms with van der Waals surface area (Å²) in [5.41, 5.74) is 2.86. The number of aromatic nitrogens is 2. The van der Waals surface area contributed by atoms with Crippen LogP contribution < -0.4 is 20.1 Å². The number of carbonyl (C=O) groups excluding carboxylic acids is 1. The highest BCUT2D eigenvalue weighted by Crippen LogP contribution is 2.32. The van der Waals surface area contributed by atoms with E-state index in [1.165, 1.54) is 0 Å². The van der Waals surface area contributed by atoms with E-state index in [9.17, 15) is 30.3 Å². The van der Waals surface area contributed by atoms with Crippen molar-refractivity contribution < 1.29 is 44.5 Å². The number of hydrogen-bond donors (Lipinski definition) is 8. The summed E-state index contributed by atoms with van der Waals surface area (Å²) in [5, 5.41) is 62.0. The molecule has 13 nitrogen and oxygen atoms in total. The minimum atomic E-state index is -1.56. The maximum Gasteiger partial charge on any atom is 0.315 e. The highest BCUT2D eigenvalue weighted by atomic mass is 16.7. The minimum Gasteiger partial charge on any atom is -0.494 e. The highest BCUT2D eigenvalue weighted by Gasteiger charge is 2.45. The standard InChI is InChI=1S/C28H44N4O9/c1-15(2)21-19(25(32-31-21)41-26-24(37)23(36)22(35)20(13-33)40-26)12-17-7-8-18(11-16(17)3)39-10-6-9-29-27(38)30-28(4,5)14-34/h7-8,11,15,20,22-24,26,33-37H,6,9-10,12-14H2,1-5H3,(H,31,32)(H2,29,30,38)/t20-,22-,23+,24-,26?/m1/s1. The quantitative estimate of drug-likeness (QED) is 0.154. The lowest BCUT2D eigenvalue weighted by molar-refractivity contribution is -0.278. The third kappa shape index (κ3) is 8.53. The zero-order valence-electron chi connectivity index (χ0n) is 24.3. The molecule has 1 unspecified atom stereocenters. The summed E-state index contributed by atoms with van der Waals surface area (Å²) in [6, 6.07) is 5.38. The molecular weight excluding hydrogens is 536 g/mol. The monoisotopic (exact) mass is 580 g/mol. The fourth-order valence-corrected chi connectivity index (χ4v) is 4.38. The maximum atomic E-state index is 11.9.